The molecule has 1 saturated carbocycles. The van der Waals surface area contributed by atoms with E-state index in [4.69, 9.17) is 18.9 Å². The minimum Gasteiger partial charge on any atom is -0.463 e. The van der Waals surface area contributed by atoms with Crippen molar-refractivity contribution in [1.29, 1.82) is 0 Å². The predicted octanol–water partition coefficient (Wildman–Crippen LogP) is 15.4. The lowest BCUT2D eigenvalue weighted by Gasteiger charge is -2.26. The normalized spacial score (nSPS) is 19.9. The first-order valence-electron chi connectivity index (χ1n) is 27.1. The van der Waals surface area contributed by atoms with Gasteiger partial charge in [0.15, 0.2) is 0 Å². The summed E-state index contributed by atoms with van der Waals surface area (Å²) in [7, 11) is 0. The van der Waals surface area contributed by atoms with Crippen molar-refractivity contribution >= 4 is 11.9 Å². The molecule has 1 aliphatic heterocycles. The maximum atomic E-state index is 13.4. The van der Waals surface area contributed by atoms with Crippen LogP contribution in [0.25, 0.3) is 0 Å². The van der Waals surface area contributed by atoms with E-state index in [0.29, 0.717) is 26.1 Å². The molecule has 5 atom stereocenters. The number of piperidine rings is 1. The molecule has 0 aromatic carbocycles. The van der Waals surface area contributed by atoms with Crippen LogP contribution in [0.1, 0.15) is 226 Å². The van der Waals surface area contributed by atoms with Crippen LogP contribution in [0, 0.1) is 11.8 Å². The number of allylic oxidation sites excluding steroid dienone is 10. The third kappa shape index (κ3) is 33.1. The van der Waals surface area contributed by atoms with E-state index < -0.39 is 0 Å². The summed E-state index contributed by atoms with van der Waals surface area (Å²) in [6.07, 6.45) is 57.6. The third-order valence-corrected chi connectivity index (χ3v) is 13.0. The van der Waals surface area contributed by atoms with Crippen molar-refractivity contribution < 1.29 is 28.5 Å². The van der Waals surface area contributed by atoms with Crippen LogP contribution >= 0.6 is 0 Å². The van der Waals surface area contributed by atoms with Gasteiger partial charge in [-0.3, -0.25) is 9.59 Å². The molecule has 0 aromatic heterocycles. The Morgan fingerprint density at radius 2 is 1.19 bits per heavy atom. The topological polar surface area (TPSA) is 83.1 Å². The van der Waals surface area contributed by atoms with Crippen LogP contribution < -0.4 is 5.32 Å². The lowest BCUT2D eigenvalue weighted by Crippen LogP contribution is -2.37. The third-order valence-electron chi connectivity index (χ3n) is 13.0. The van der Waals surface area contributed by atoms with Crippen LogP contribution in [0.4, 0.5) is 0 Å². The molecule has 1 aliphatic carbocycles. The maximum Gasteiger partial charge on any atom is 0.307 e. The number of unbranched alkanes of at least 4 members (excludes halogenated alkanes) is 16. The van der Waals surface area contributed by atoms with Gasteiger partial charge in [0, 0.05) is 44.6 Å². The van der Waals surface area contributed by atoms with Crippen LogP contribution in [-0.2, 0) is 28.5 Å². The zero-order chi connectivity index (χ0) is 45.8. The predicted molar refractivity (Wildman–Crippen MR) is 271 cm³/mol. The van der Waals surface area contributed by atoms with Crippen LogP contribution in [0.5, 0.6) is 0 Å². The average Bonchev–Trinajstić information content (AvgIpc) is 3.66. The zero-order valence-corrected chi connectivity index (χ0v) is 41.8. The van der Waals surface area contributed by atoms with Gasteiger partial charge in [-0.15, -0.1) is 0 Å². The van der Waals surface area contributed by atoms with E-state index in [1.165, 1.54) is 109 Å². The number of carbonyl (C=O) groups excluding carboxylic acids is 2. The molecule has 1 heterocycles. The maximum absolute atomic E-state index is 13.4. The van der Waals surface area contributed by atoms with Gasteiger partial charge in [0.25, 0.3) is 0 Å². The molecule has 2 rings (SSSR count). The fourth-order valence-electron chi connectivity index (χ4n) is 8.95. The van der Waals surface area contributed by atoms with Crippen molar-refractivity contribution in [2.24, 2.45) is 11.8 Å². The molecule has 1 N–H and O–H groups in total. The minimum atomic E-state index is -0.176. The highest BCUT2D eigenvalue weighted by molar-refractivity contribution is 5.71. The summed E-state index contributed by atoms with van der Waals surface area (Å²) >= 11 is 0. The second-order valence-corrected chi connectivity index (χ2v) is 18.7. The first kappa shape index (κ1) is 57.6. The van der Waals surface area contributed by atoms with Gasteiger partial charge in [-0.1, -0.05) is 159 Å². The fraction of sp³-hybridized carbons (Fsp3) is 0.789. The van der Waals surface area contributed by atoms with E-state index in [1.807, 2.05) is 0 Å². The molecule has 368 valence electrons. The Balaban J connectivity index is 1.73. The molecular formula is C57H99NO6. The monoisotopic (exact) mass is 894 g/mol. The molecular weight excluding hydrogens is 795 g/mol. The van der Waals surface area contributed by atoms with Crippen LogP contribution in [0.3, 0.4) is 0 Å². The standard InChI is InChI=1S/C57H99NO6/c1-4-7-10-12-14-16-18-20-22-24-26-28-30-32-37-45-61-47-43-53(62-46-38-33-31-29-27-25-23-21-19-17-15-13-11-8-5-2)50-63-56(59)48-51-41-42-55(54(51)40-34-9-6-3)64-57(60)49-52-39-35-36-44-58-52/h9,12,14-15,17-18,20-21,23,34,51-55,58H,4-8,10-11,13,16,19,22,24-33,35-50H2,1-3H3/b14-12-,17-15-,20-18-,23-21-,34-9-. The summed E-state index contributed by atoms with van der Waals surface area (Å²) in [5, 5.41) is 3.47. The van der Waals surface area contributed by atoms with Crippen molar-refractivity contribution in [1.82, 2.24) is 5.32 Å². The highest BCUT2D eigenvalue weighted by Crippen LogP contribution is 2.39. The summed E-state index contributed by atoms with van der Waals surface area (Å²) in [5.41, 5.74) is 0. The first-order chi connectivity index (χ1) is 31.6. The van der Waals surface area contributed by atoms with Crippen LogP contribution in [0.2, 0.25) is 0 Å². The number of hydrogen-bond acceptors (Lipinski definition) is 7. The van der Waals surface area contributed by atoms with Crippen LogP contribution in [0.15, 0.2) is 60.8 Å². The van der Waals surface area contributed by atoms with E-state index in [2.05, 4.69) is 86.8 Å². The van der Waals surface area contributed by atoms with E-state index in [1.54, 1.807) is 0 Å². The molecule has 64 heavy (non-hydrogen) atoms. The molecule has 0 radical (unpaired) electrons. The van der Waals surface area contributed by atoms with Gasteiger partial charge in [0.1, 0.15) is 12.7 Å². The summed E-state index contributed by atoms with van der Waals surface area (Å²) in [6.45, 7) is 9.92. The Kier molecular flexibility index (Phi) is 38.8. The van der Waals surface area contributed by atoms with E-state index in [9.17, 15) is 9.59 Å². The SMILES string of the molecule is CC/C=C\CC1C(CC(=O)OCC(CCOCCCCCCCC/C=C\C/C=C\CCCC)OCCCCCCC/C=C\C/C=C\CCCCC)CCC1OC(=O)CC1CCCCN1. The zero-order valence-electron chi connectivity index (χ0n) is 41.8. The minimum absolute atomic E-state index is 0.112. The Morgan fingerprint density at radius 3 is 1.81 bits per heavy atom. The molecule has 7 nitrogen and oxygen atoms in total. The summed E-state index contributed by atoms with van der Waals surface area (Å²) < 4.78 is 24.5. The summed E-state index contributed by atoms with van der Waals surface area (Å²) in [4.78, 5) is 26.3. The highest BCUT2D eigenvalue weighted by atomic mass is 16.6. The Labute approximate surface area is 394 Å². The van der Waals surface area contributed by atoms with Gasteiger partial charge in [-0.2, -0.15) is 0 Å². The molecule has 7 heteroatoms. The van der Waals surface area contributed by atoms with Gasteiger partial charge in [0.05, 0.1) is 12.5 Å². The number of nitrogens with one attached hydrogen (secondary N) is 1. The van der Waals surface area contributed by atoms with E-state index in [-0.39, 0.29) is 48.6 Å². The Morgan fingerprint density at radius 1 is 0.578 bits per heavy atom. The fourth-order valence-corrected chi connectivity index (χ4v) is 8.95. The summed E-state index contributed by atoms with van der Waals surface area (Å²) in [6, 6.07) is 0.216. The van der Waals surface area contributed by atoms with Gasteiger partial charge in [-0.05, 0) is 122 Å². The molecule has 0 aromatic rings. The molecule has 0 spiro atoms. The Hall–Kier alpha value is -2.48. The van der Waals surface area contributed by atoms with Crippen molar-refractivity contribution in [3.8, 4) is 0 Å². The van der Waals surface area contributed by atoms with E-state index >= 15 is 0 Å². The lowest BCUT2D eigenvalue weighted by molar-refractivity contribution is -0.152. The largest absolute Gasteiger partial charge is 0.463 e. The molecule has 5 unspecified atom stereocenters. The molecule has 0 bridgehead atoms. The summed E-state index contributed by atoms with van der Waals surface area (Å²) in [5.74, 6) is -0.0176. The average molecular weight is 894 g/mol. The molecule has 0 amide bonds. The lowest BCUT2D eigenvalue weighted by atomic mass is 9.88. The first-order valence-corrected chi connectivity index (χ1v) is 27.1. The van der Waals surface area contributed by atoms with Crippen molar-refractivity contribution in [3.05, 3.63) is 60.8 Å². The molecule has 2 fully saturated rings. The highest BCUT2D eigenvalue weighted by Gasteiger charge is 2.39. The van der Waals surface area contributed by atoms with Gasteiger partial charge in [-0.25, -0.2) is 0 Å². The van der Waals surface area contributed by atoms with E-state index in [0.717, 1.165) is 96.6 Å². The van der Waals surface area contributed by atoms with Crippen LogP contribution in [-0.4, -0.2) is 63.2 Å². The molecule has 1 saturated heterocycles. The second-order valence-electron chi connectivity index (χ2n) is 18.7. The number of carbonyl (C=O) groups is 2. The number of esters is 2. The van der Waals surface area contributed by atoms with Crippen molar-refractivity contribution in [2.75, 3.05) is 33.0 Å². The quantitative estimate of drug-likeness (QED) is 0.0371. The molecule has 2 aliphatic rings. The van der Waals surface area contributed by atoms with Gasteiger partial charge < -0.3 is 24.3 Å². The second kappa shape index (κ2) is 43.1. The number of rotatable bonds is 42. The number of ether oxygens (including phenoxy) is 4. The van der Waals surface area contributed by atoms with Gasteiger partial charge in [0.2, 0.25) is 0 Å². The Bertz CT molecular complexity index is 1230. The smallest absolute Gasteiger partial charge is 0.307 e. The van der Waals surface area contributed by atoms with Gasteiger partial charge >= 0.3 is 11.9 Å². The van der Waals surface area contributed by atoms with Crippen molar-refractivity contribution in [3.63, 3.8) is 0 Å². The van der Waals surface area contributed by atoms with Crippen molar-refractivity contribution in [2.45, 2.75) is 244 Å². The number of hydrogen-bond donors (Lipinski definition) is 1.